The molecule has 19 heavy (non-hydrogen) atoms. The van der Waals surface area contributed by atoms with Crippen LogP contribution in [0.5, 0.6) is 0 Å². The quantitative estimate of drug-likeness (QED) is 0.917. The lowest BCUT2D eigenvalue weighted by Crippen LogP contribution is -2.13. The molecule has 2 aromatic rings. The topological polar surface area (TPSA) is 35.8 Å². The van der Waals surface area contributed by atoms with Crippen LogP contribution in [0.25, 0.3) is 0 Å². The van der Waals surface area contributed by atoms with Crippen molar-refractivity contribution < 1.29 is 0 Å². The molecule has 0 saturated carbocycles. The molecule has 2 rings (SSSR count). The van der Waals surface area contributed by atoms with E-state index in [2.05, 4.69) is 30.4 Å². The molecule has 0 spiro atoms. The Morgan fingerprint density at radius 3 is 2.53 bits per heavy atom. The lowest BCUT2D eigenvalue weighted by molar-refractivity contribution is 0.691. The standard InChI is InChI=1S/C16H15ClN2/c1-12-4-2-3-5-14(12)10-19-11-15-7-6-13(9-18)8-16(15)17/h2-8,19H,10-11H2,1H3. The molecule has 0 amide bonds. The first-order valence-corrected chi connectivity index (χ1v) is 6.52. The monoisotopic (exact) mass is 270 g/mol. The van der Waals surface area contributed by atoms with Crippen molar-refractivity contribution in [3.05, 3.63) is 69.7 Å². The first-order valence-electron chi connectivity index (χ1n) is 6.14. The van der Waals surface area contributed by atoms with Crippen molar-refractivity contribution in [2.24, 2.45) is 0 Å². The minimum absolute atomic E-state index is 0.590. The summed E-state index contributed by atoms with van der Waals surface area (Å²) in [6.45, 7) is 3.60. The first kappa shape index (κ1) is 13.6. The number of nitrogens with one attached hydrogen (secondary N) is 1. The summed E-state index contributed by atoms with van der Waals surface area (Å²) in [4.78, 5) is 0. The second-order valence-electron chi connectivity index (χ2n) is 4.45. The van der Waals surface area contributed by atoms with Gasteiger partial charge in [0.2, 0.25) is 0 Å². The fourth-order valence-electron chi connectivity index (χ4n) is 1.90. The van der Waals surface area contributed by atoms with E-state index in [0.717, 1.165) is 12.1 Å². The summed E-state index contributed by atoms with van der Waals surface area (Å²) in [6.07, 6.45) is 0. The number of hydrogen-bond acceptors (Lipinski definition) is 2. The molecule has 0 aliphatic rings. The zero-order valence-electron chi connectivity index (χ0n) is 10.8. The maximum absolute atomic E-state index is 8.78. The Labute approximate surface area is 118 Å². The van der Waals surface area contributed by atoms with Gasteiger partial charge in [0.1, 0.15) is 0 Å². The predicted molar refractivity (Wildman–Crippen MR) is 77.9 cm³/mol. The summed E-state index contributed by atoms with van der Waals surface area (Å²) in [6, 6.07) is 15.8. The van der Waals surface area contributed by atoms with Crippen LogP contribution in [0, 0.1) is 18.3 Å². The number of benzene rings is 2. The molecule has 0 radical (unpaired) electrons. The van der Waals surface area contributed by atoms with E-state index in [1.165, 1.54) is 11.1 Å². The van der Waals surface area contributed by atoms with Crippen LogP contribution in [0.3, 0.4) is 0 Å². The molecule has 0 atom stereocenters. The van der Waals surface area contributed by atoms with E-state index in [1.54, 1.807) is 12.1 Å². The van der Waals surface area contributed by atoms with E-state index in [4.69, 9.17) is 16.9 Å². The highest BCUT2D eigenvalue weighted by atomic mass is 35.5. The van der Waals surface area contributed by atoms with Crippen molar-refractivity contribution in [2.75, 3.05) is 0 Å². The zero-order chi connectivity index (χ0) is 13.7. The summed E-state index contributed by atoms with van der Waals surface area (Å²) in [5.41, 5.74) is 4.16. The van der Waals surface area contributed by atoms with Gasteiger partial charge in [0.25, 0.3) is 0 Å². The average molecular weight is 271 g/mol. The molecule has 3 heteroatoms. The molecular formula is C16H15ClN2. The second kappa shape index (κ2) is 6.38. The number of nitrogens with zero attached hydrogens (tertiary/aromatic N) is 1. The molecule has 0 aliphatic carbocycles. The Hall–Kier alpha value is -1.82. The maximum Gasteiger partial charge on any atom is 0.0992 e. The zero-order valence-corrected chi connectivity index (χ0v) is 11.5. The van der Waals surface area contributed by atoms with E-state index in [-0.39, 0.29) is 0 Å². The normalized spacial score (nSPS) is 10.2. The van der Waals surface area contributed by atoms with Gasteiger partial charge in [0.15, 0.2) is 0 Å². The van der Waals surface area contributed by atoms with Gasteiger partial charge in [-0.1, -0.05) is 41.9 Å². The third-order valence-corrected chi connectivity index (χ3v) is 3.43. The second-order valence-corrected chi connectivity index (χ2v) is 4.86. The number of aryl methyl sites for hydroxylation is 1. The van der Waals surface area contributed by atoms with Crippen LogP contribution in [0.2, 0.25) is 5.02 Å². The summed E-state index contributed by atoms with van der Waals surface area (Å²) >= 11 is 6.13. The lowest BCUT2D eigenvalue weighted by Gasteiger charge is -2.09. The van der Waals surface area contributed by atoms with E-state index in [9.17, 15) is 0 Å². The number of rotatable bonds is 4. The molecule has 0 heterocycles. The molecule has 0 aromatic heterocycles. The van der Waals surface area contributed by atoms with Crippen LogP contribution >= 0.6 is 11.6 Å². The van der Waals surface area contributed by atoms with Crippen LogP contribution in [0.15, 0.2) is 42.5 Å². The van der Waals surface area contributed by atoms with Crippen LogP contribution in [0.4, 0.5) is 0 Å². The molecule has 0 unspecified atom stereocenters. The highest BCUT2D eigenvalue weighted by Crippen LogP contribution is 2.17. The molecule has 0 bridgehead atoms. The summed E-state index contributed by atoms with van der Waals surface area (Å²) < 4.78 is 0. The van der Waals surface area contributed by atoms with Crippen molar-refractivity contribution in [3.63, 3.8) is 0 Å². The Bertz CT molecular complexity index is 614. The molecule has 1 N–H and O–H groups in total. The van der Waals surface area contributed by atoms with Gasteiger partial charge >= 0.3 is 0 Å². The van der Waals surface area contributed by atoms with E-state index in [0.29, 0.717) is 17.1 Å². The molecule has 96 valence electrons. The van der Waals surface area contributed by atoms with E-state index >= 15 is 0 Å². The van der Waals surface area contributed by atoms with Crippen molar-refractivity contribution in [2.45, 2.75) is 20.0 Å². The van der Waals surface area contributed by atoms with Gasteiger partial charge in [-0.15, -0.1) is 0 Å². The van der Waals surface area contributed by atoms with Gasteiger partial charge in [0.05, 0.1) is 11.6 Å². The van der Waals surface area contributed by atoms with Crippen LogP contribution < -0.4 is 5.32 Å². The van der Waals surface area contributed by atoms with Crippen LogP contribution in [-0.4, -0.2) is 0 Å². The minimum Gasteiger partial charge on any atom is -0.309 e. The summed E-state index contributed by atoms with van der Waals surface area (Å²) in [5.74, 6) is 0. The van der Waals surface area contributed by atoms with Gasteiger partial charge in [0, 0.05) is 18.1 Å². The highest BCUT2D eigenvalue weighted by Gasteiger charge is 2.02. The van der Waals surface area contributed by atoms with E-state index < -0.39 is 0 Å². The Kier molecular flexibility index (Phi) is 4.57. The van der Waals surface area contributed by atoms with Crippen molar-refractivity contribution in [3.8, 4) is 6.07 Å². The molecule has 0 saturated heterocycles. The molecule has 2 nitrogen and oxygen atoms in total. The number of nitriles is 1. The van der Waals surface area contributed by atoms with Crippen LogP contribution in [0.1, 0.15) is 22.3 Å². The summed E-state index contributed by atoms with van der Waals surface area (Å²) in [7, 11) is 0. The first-order chi connectivity index (χ1) is 9.20. The largest absolute Gasteiger partial charge is 0.309 e. The van der Waals surface area contributed by atoms with Crippen molar-refractivity contribution in [1.82, 2.24) is 5.32 Å². The lowest BCUT2D eigenvalue weighted by atomic mass is 10.1. The Balaban J connectivity index is 1.97. The van der Waals surface area contributed by atoms with Gasteiger partial charge in [-0.3, -0.25) is 0 Å². The highest BCUT2D eigenvalue weighted by molar-refractivity contribution is 6.31. The fourth-order valence-corrected chi connectivity index (χ4v) is 2.15. The fraction of sp³-hybridized carbons (Fsp3) is 0.188. The third kappa shape index (κ3) is 3.57. The van der Waals surface area contributed by atoms with E-state index in [1.807, 2.05) is 18.2 Å². The maximum atomic E-state index is 8.78. The minimum atomic E-state index is 0.590. The van der Waals surface area contributed by atoms with Gasteiger partial charge in [-0.25, -0.2) is 0 Å². The average Bonchev–Trinajstić information content (AvgIpc) is 2.42. The number of hydrogen-bond donors (Lipinski definition) is 1. The molecule has 2 aromatic carbocycles. The van der Waals surface area contributed by atoms with Crippen LogP contribution in [-0.2, 0) is 13.1 Å². The smallest absolute Gasteiger partial charge is 0.0992 e. The van der Waals surface area contributed by atoms with Gasteiger partial charge in [-0.05, 0) is 35.7 Å². The van der Waals surface area contributed by atoms with Crippen molar-refractivity contribution >= 4 is 11.6 Å². The SMILES string of the molecule is Cc1ccccc1CNCc1ccc(C#N)cc1Cl. The molecule has 0 aliphatic heterocycles. The van der Waals surface area contributed by atoms with Gasteiger partial charge in [-0.2, -0.15) is 5.26 Å². The predicted octanol–water partition coefficient (Wildman–Crippen LogP) is 3.81. The number of halogens is 1. The molecular weight excluding hydrogens is 256 g/mol. The molecule has 0 fully saturated rings. The van der Waals surface area contributed by atoms with Crippen molar-refractivity contribution in [1.29, 1.82) is 5.26 Å². The summed E-state index contributed by atoms with van der Waals surface area (Å²) in [5, 5.41) is 12.8. The van der Waals surface area contributed by atoms with Gasteiger partial charge < -0.3 is 5.32 Å². The Morgan fingerprint density at radius 2 is 1.84 bits per heavy atom. The third-order valence-electron chi connectivity index (χ3n) is 3.07. The Morgan fingerprint density at radius 1 is 1.11 bits per heavy atom.